The SMILES string of the molecule is CC(=O)c1cccc(F)c1N1CCCC(C)C1C. The summed E-state index contributed by atoms with van der Waals surface area (Å²) >= 11 is 0. The first-order valence-electron chi connectivity index (χ1n) is 6.58. The lowest BCUT2D eigenvalue weighted by atomic mass is 9.90. The van der Waals surface area contributed by atoms with Crippen LogP contribution in [0.4, 0.5) is 10.1 Å². The fraction of sp³-hybridized carbons (Fsp3) is 0.533. The molecule has 0 aromatic heterocycles. The van der Waals surface area contributed by atoms with Crippen molar-refractivity contribution in [3.05, 3.63) is 29.6 Å². The molecule has 1 aromatic carbocycles. The number of nitrogens with zero attached hydrogens (tertiary/aromatic N) is 1. The average Bonchev–Trinajstić information content (AvgIpc) is 2.33. The quantitative estimate of drug-likeness (QED) is 0.746. The number of para-hydroxylation sites is 1. The van der Waals surface area contributed by atoms with Gasteiger partial charge in [0.1, 0.15) is 5.82 Å². The number of benzene rings is 1. The van der Waals surface area contributed by atoms with Gasteiger partial charge in [-0.2, -0.15) is 0 Å². The Bertz CT molecular complexity index is 458. The Labute approximate surface area is 108 Å². The largest absolute Gasteiger partial charge is 0.366 e. The monoisotopic (exact) mass is 249 g/mol. The highest BCUT2D eigenvalue weighted by Crippen LogP contribution is 2.33. The number of ketones is 1. The van der Waals surface area contributed by atoms with Gasteiger partial charge in [-0.1, -0.05) is 13.0 Å². The van der Waals surface area contributed by atoms with E-state index >= 15 is 0 Å². The summed E-state index contributed by atoms with van der Waals surface area (Å²) in [5, 5.41) is 0. The highest BCUT2D eigenvalue weighted by atomic mass is 19.1. The van der Waals surface area contributed by atoms with Crippen molar-refractivity contribution in [3.8, 4) is 0 Å². The number of rotatable bonds is 2. The second-order valence-corrected chi connectivity index (χ2v) is 5.25. The number of Topliss-reactive ketones (excluding diaryl/α,β-unsaturated/α-hetero) is 1. The van der Waals surface area contributed by atoms with E-state index in [0.29, 0.717) is 17.2 Å². The van der Waals surface area contributed by atoms with Gasteiger partial charge in [-0.3, -0.25) is 4.79 Å². The minimum absolute atomic E-state index is 0.0741. The van der Waals surface area contributed by atoms with Crippen LogP contribution in [0.2, 0.25) is 0 Å². The first-order chi connectivity index (χ1) is 8.52. The van der Waals surface area contributed by atoms with Crippen LogP contribution in [0, 0.1) is 11.7 Å². The maximum absolute atomic E-state index is 14.1. The van der Waals surface area contributed by atoms with Crippen molar-refractivity contribution in [1.82, 2.24) is 0 Å². The summed E-state index contributed by atoms with van der Waals surface area (Å²) in [6.07, 6.45) is 2.22. The maximum atomic E-state index is 14.1. The van der Waals surface area contributed by atoms with Crippen molar-refractivity contribution >= 4 is 11.5 Å². The fourth-order valence-corrected chi connectivity index (χ4v) is 2.74. The van der Waals surface area contributed by atoms with Gasteiger partial charge in [-0.25, -0.2) is 4.39 Å². The number of hydrogen-bond donors (Lipinski definition) is 0. The van der Waals surface area contributed by atoms with Crippen LogP contribution in [0.3, 0.4) is 0 Å². The molecule has 1 aromatic rings. The van der Waals surface area contributed by atoms with E-state index < -0.39 is 0 Å². The molecule has 2 rings (SSSR count). The number of hydrogen-bond acceptors (Lipinski definition) is 2. The van der Waals surface area contributed by atoms with E-state index in [0.717, 1.165) is 13.0 Å². The van der Waals surface area contributed by atoms with Crippen molar-refractivity contribution in [2.24, 2.45) is 5.92 Å². The Kier molecular flexibility index (Phi) is 3.69. The zero-order valence-corrected chi connectivity index (χ0v) is 11.2. The molecule has 0 spiro atoms. The molecule has 2 atom stereocenters. The molecule has 1 aliphatic heterocycles. The molecular weight excluding hydrogens is 229 g/mol. The number of halogens is 1. The van der Waals surface area contributed by atoms with Crippen LogP contribution < -0.4 is 4.90 Å². The molecular formula is C15H20FNO. The van der Waals surface area contributed by atoms with E-state index in [4.69, 9.17) is 0 Å². The van der Waals surface area contributed by atoms with E-state index in [1.54, 1.807) is 12.1 Å². The number of piperidine rings is 1. The highest BCUT2D eigenvalue weighted by molar-refractivity contribution is 5.99. The lowest BCUT2D eigenvalue weighted by Gasteiger charge is -2.40. The number of carbonyl (C=O) groups excluding carboxylic acids is 1. The molecule has 1 heterocycles. The molecule has 1 aliphatic rings. The van der Waals surface area contributed by atoms with E-state index in [1.807, 2.05) is 0 Å². The van der Waals surface area contributed by atoms with Crippen LogP contribution in [-0.2, 0) is 0 Å². The third kappa shape index (κ3) is 2.26. The lowest BCUT2D eigenvalue weighted by molar-refractivity contribution is 0.101. The normalized spacial score (nSPS) is 24.1. The van der Waals surface area contributed by atoms with Gasteiger partial charge in [-0.15, -0.1) is 0 Å². The second kappa shape index (κ2) is 5.09. The van der Waals surface area contributed by atoms with Crippen LogP contribution in [0.15, 0.2) is 18.2 Å². The van der Waals surface area contributed by atoms with Crippen LogP contribution in [0.25, 0.3) is 0 Å². The molecule has 0 N–H and O–H groups in total. The van der Waals surface area contributed by atoms with Crippen LogP contribution >= 0.6 is 0 Å². The van der Waals surface area contributed by atoms with E-state index in [9.17, 15) is 9.18 Å². The molecule has 0 saturated carbocycles. The Morgan fingerprint density at radius 2 is 2.11 bits per heavy atom. The Hall–Kier alpha value is -1.38. The number of anilines is 1. The smallest absolute Gasteiger partial charge is 0.161 e. The molecule has 3 heteroatoms. The van der Waals surface area contributed by atoms with Crippen molar-refractivity contribution in [3.63, 3.8) is 0 Å². The summed E-state index contributed by atoms with van der Waals surface area (Å²) in [4.78, 5) is 13.7. The predicted molar refractivity (Wildman–Crippen MR) is 71.6 cm³/mol. The van der Waals surface area contributed by atoms with Crippen molar-refractivity contribution in [1.29, 1.82) is 0 Å². The first-order valence-corrected chi connectivity index (χ1v) is 6.58. The molecule has 1 saturated heterocycles. The van der Waals surface area contributed by atoms with E-state index in [1.165, 1.54) is 19.4 Å². The Morgan fingerprint density at radius 1 is 1.39 bits per heavy atom. The van der Waals surface area contributed by atoms with Gasteiger partial charge >= 0.3 is 0 Å². The second-order valence-electron chi connectivity index (χ2n) is 5.25. The molecule has 0 aliphatic carbocycles. The summed E-state index contributed by atoms with van der Waals surface area (Å²) in [6, 6.07) is 5.03. The highest BCUT2D eigenvalue weighted by Gasteiger charge is 2.28. The molecule has 2 nitrogen and oxygen atoms in total. The average molecular weight is 249 g/mol. The number of carbonyl (C=O) groups is 1. The summed E-state index contributed by atoms with van der Waals surface area (Å²) < 4.78 is 14.1. The molecule has 0 amide bonds. The predicted octanol–water partition coefficient (Wildman–Crippen LogP) is 3.65. The van der Waals surface area contributed by atoms with Gasteiger partial charge in [0.15, 0.2) is 5.78 Å². The Morgan fingerprint density at radius 3 is 2.78 bits per heavy atom. The van der Waals surface area contributed by atoms with Crippen molar-refractivity contribution < 1.29 is 9.18 Å². The third-order valence-corrected chi connectivity index (χ3v) is 4.03. The van der Waals surface area contributed by atoms with Crippen LogP contribution in [0.5, 0.6) is 0 Å². The molecule has 0 radical (unpaired) electrons. The van der Waals surface area contributed by atoms with Gasteiger partial charge in [0.25, 0.3) is 0 Å². The minimum Gasteiger partial charge on any atom is -0.366 e. The maximum Gasteiger partial charge on any atom is 0.161 e. The topological polar surface area (TPSA) is 20.3 Å². The first kappa shape index (κ1) is 13.1. The molecule has 0 bridgehead atoms. The summed E-state index contributed by atoms with van der Waals surface area (Å²) in [5.74, 6) is 0.164. The molecule has 18 heavy (non-hydrogen) atoms. The fourth-order valence-electron chi connectivity index (χ4n) is 2.74. The molecule has 98 valence electrons. The van der Waals surface area contributed by atoms with Gasteiger partial charge in [0.2, 0.25) is 0 Å². The van der Waals surface area contributed by atoms with E-state index in [-0.39, 0.29) is 17.6 Å². The summed E-state index contributed by atoms with van der Waals surface area (Å²) in [6.45, 7) is 6.62. The zero-order valence-electron chi connectivity index (χ0n) is 11.2. The van der Waals surface area contributed by atoms with Gasteiger partial charge in [-0.05, 0) is 44.7 Å². The summed E-state index contributed by atoms with van der Waals surface area (Å²) in [7, 11) is 0. The zero-order chi connectivity index (χ0) is 13.3. The molecule has 2 unspecified atom stereocenters. The molecule has 1 fully saturated rings. The van der Waals surface area contributed by atoms with Gasteiger partial charge in [0, 0.05) is 18.2 Å². The summed E-state index contributed by atoms with van der Waals surface area (Å²) in [5.41, 5.74) is 0.986. The van der Waals surface area contributed by atoms with Crippen LogP contribution in [0.1, 0.15) is 44.0 Å². The third-order valence-electron chi connectivity index (χ3n) is 4.03. The lowest BCUT2D eigenvalue weighted by Crippen LogP contribution is -2.43. The van der Waals surface area contributed by atoms with Crippen molar-refractivity contribution in [2.75, 3.05) is 11.4 Å². The standard InChI is InChI=1S/C15H20FNO/c1-10-6-5-9-17(11(10)2)15-13(12(3)18)7-4-8-14(15)16/h4,7-8,10-11H,5-6,9H2,1-3H3. The van der Waals surface area contributed by atoms with Gasteiger partial charge < -0.3 is 4.90 Å². The van der Waals surface area contributed by atoms with Crippen LogP contribution in [-0.4, -0.2) is 18.4 Å². The Balaban J connectivity index is 2.46. The van der Waals surface area contributed by atoms with Gasteiger partial charge in [0.05, 0.1) is 5.69 Å². The van der Waals surface area contributed by atoms with E-state index in [2.05, 4.69) is 18.7 Å². The minimum atomic E-state index is -0.288. The van der Waals surface area contributed by atoms with Crippen molar-refractivity contribution in [2.45, 2.75) is 39.7 Å².